The molecule has 136 valence electrons. The lowest BCUT2D eigenvalue weighted by Crippen LogP contribution is -2.18. The Labute approximate surface area is 166 Å². The summed E-state index contributed by atoms with van der Waals surface area (Å²) >= 11 is 3.96. The highest BCUT2D eigenvalue weighted by atomic mass is 32.2. The summed E-state index contributed by atoms with van der Waals surface area (Å²) in [7, 11) is 1.59. The lowest BCUT2D eigenvalue weighted by atomic mass is 10.2. The first kappa shape index (κ1) is 20.4. The molecule has 0 aliphatic rings. The van der Waals surface area contributed by atoms with Gasteiger partial charge in [-0.05, 0) is 25.3 Å². The Morgan fingerprint density at radius 1 is 1.04 bits per heavy atom. The molecule has 0 aromatic heterocycles. The van der Waals surface area contributed by atoms with E-state index >= 15 is 0 Å². The van der Waals surface area contributed by atoms with Crippen LogP contribution < -0.4 is 0 Å². The average Bonchev–Trinajstić information content (AvgIpc) is 2.70. The van der Waals surface area contributed by atoms with E-state index in [9.17, 15) is 4.79 Å². The standard InChI is InChI=1S/C18H19N3O2S3/c1-14(24-3)19-23-18(22)21(2)26-20-17(15-10-6-4-7-11-15)25-16-12-8-5-9-13-16/h4-13H,1-3H3. The molecule has 0 unspecified atom stereocenters. The molecule has 0 heterocycles. The number of hydrogen-bond acceptors (Lipinski definition) is 7. The monoisotopic (exact) mass is 405 g/mol. The number of carbonyl (C=O) groups is 1. The summed E-state index contributed by atoms with van der Waals surface area (Å²) in [6.45, 7) is 1.77. The Bertz CT molecular complexity index is 768. The Morgan fingerprint density at radius 3 is 2.27 bits per heavy atom. The van der Waals surface area contributed by atoms with E-state index in [1.165, 1.54) is 27.8 Å². The second-order valence-electron chi connectivity index (χ2n) is 4.93. The molecular formula is C18H19N3O2S3. The highest BCUT2D eigenvalue weighted by Gasteiger charge is 2.13. The normalized spacial score (nSPS) is 12.0. The van der Waals surface area contributed by atoms with Gasteiger partial charge in [-0.2, -0.15) is 4.40 Å². The fourth-order valence-electron chi connectivity index (χ4n) is 1.64. The molecule has 0 atom stereocenters. The van der Waals surface area contributed by atoms with E-state index in [1.807, 2.05) is 66.9 Å². The maximum absolute atomic E-state index is 12.0. The largest absolute Gasteiger partial charge is 0.447 e. The first-order valence-electron chi connectivity index (χ1n) is 7.67. The van der Waals surface area contributed by atoms with E-state index in [2.05, 4.69) is 9.55 Å². The fourth-order valence-corrected chi connectivity index (χ4v) is 3.17. The summed E-state index contributed by atoms with van der Waals surface area (Å²) in [5.41, 5.74) is 0.979. The third-order valence-corrected chi connectivity index (χ3v) is 5.50. The van der Waals surface area contributed by atoms with Crippen LogP contribution in [0.2, 0.25) is 0 Å². The van der Waals surface area contributed by atoms with Crippen molar-refractivity contribution in [3.8, 4) is 0 Å². The van der Waals surface area contributed by atoms with Gasteiger partial charge in [0.25, 0.3) is 0 Å². The lowest BCUT2D eigenvalue weighted by Gasteiger charge is -2.11. The van der Waals surface area contributed by atoms with Crippen molar-refractivity contribution in [2.75, 3.05) is 13.3 Å². The Morgan fingerprint density at radius 2 is 1.65 bits per heavy atom. The van der Waals surface area contributed by atoms with E-state index < -0.39 is 6.09 Å². The van der Waals surface area contributed by atoms with Gasteiger partial charge in [-0.15, -0.1) is 11.8 Å². The first-order chi connectivity index (χ1) is 12.6. The van der Waals surface area contributed by atoms with Crippen LogP contribution in [0.3, 0.4) is 0 Å². The van der Waals surface area contributed by atoms with Crippen LogP contribution in [0.15, 0.2) is 75.1 Å². The van der Waals surface area contributed by atoms with Gasteiger partial charge in [0.05, 0.1) is 12.1 Å². The van der Waals surface area contributed by atoms with Gasteiger partial charge < -0.3 is 0 Å². The summed E-state index contributed by atoms with van der Waals surface area (Å²) in [5.74, 6) is 0. The third-order valence-electron chi connectivity index (χ3n) is 3.03. The zero-order valence-electron chi connectivity index (χ0n) is 14.7. The van der Waals surface area contributed by atoms with Gasteiger partial charge in [0.15, 0.2) is 0 Å². The van der Waals surface area contributed by atoms with Crippen molar-refractivity contribution in [3.05, 3.63) is 66.2 Å². The van der Waals surface area contributed by atoms with E-state index in [0.29, 0.717) is 5.04 Å². The molecule has 0 N–H and O–H groups in total. The predicted octanol–water partition coefficient (Wildman–Crippen LogP) is 5.55. The number of amides is 1. The minimum Gasteiger partial charge on any atom is -0.296 e. The Hall–Kier alpha value is -1.90. The molecule has 0 aliphatic carbocycles. The number of nitrogens with zero attached hydrogens (tertiary/aromatic N) is 3. The number of thioether (sulfide) groups is 2. The zero-order chi connectivity index (χ0) is 18.8. The minimum atomic E-state index is -0.579. The second-order valence-corrected chi connectivity index (χ2v) is 7.88. The molecule has 0 saturated carbocycles. The topological polar surface area (TPSA) is 54.3 Å². The number of rotatable bonds is 5. The molecule has 5 nitrogen and oxygen atoms in total. The highest BCUT2D eigenvalue weighted by molar-refractivity contribution is 8.15. The van der Waals surface area contributed by atoms with Gasteiger partial charge in [-0.1, -0.05) is 65.4 Å². The molecule has 8 heteroatoms. The average molecular weight is 406 g/mol. The first-order valence-corrected chi connectivity index (χ1v) is 10.4. The number of oxime groups is 1. The van der Waals surface area contributed by atoms with E-state index in [-0.39, 0.29) is 0 Å². The van der Waals surface area contributed by atoms with Crippen molar-refractivity contribution >= 4 is 51.8 Å². The third kappa shape index (κ3) is 6.78. The molecule has 1 amide bonds. The van der Waals surface area contributed by atoms with Crippen LogP contribution in [0.4, 0.5) is 4.79 Å². The number of hydrogen-bond donors (Lipinski definition) is 0. The summed E-state index contributed by atoms with van der Waals surface area (Å²) in [5, 5.41) is 5.21. The van der Waals surface area contributed by atoms with Crippen LogP contribution in [-0.2, 0) is 4.84 Å². The highest BCUT2D eigenvalue weighted by Crippen LogP contribution is 2.26. The molecule has 2 aromatic carbocycles. The van der Waals surface area contributed by atoms with Crippen LogP contribution in [0.1, 0.15) is 12.5 Å². The summed E-state index contributed by atoms with van der Waals surface area (Å²) < 4.78 is 5.82. The molecule has 2 aromatic rings. The molecule has 2 rings (SSSR count). The van der Waals surface area contributed by atoms with Crippen molar-refractivity contribution in [2.45, 2.75) is 11.8 Å². The van der Waals surface area contributed by atoms with E-state index in [1.54, 1.807) is 14.0 Å². The molecule has 0 fully saturated rings. The van der Waals surface area contributed by atoms with Gasteiger partial charge >= 0.3 is 6.09 Å². The second kappa shape index (κ2) is 10.9. The van der Waals surface area contributed by atoms with Crippen LogP contribution in [0.25, 0.3) is 0 Å². The lowest BCUT2D eigenvalue weighted by molar-refractivity contribution is 0.137. The molecule has 26 heavy (non-hydrogen) atoms. The molecular weight excluding hydrogens is 386 g/mol. The molecule has 0 radical (unpaired) electrons. The fraction of sp³-hybridized carbons (Fsp3) is 0.167. The zero-order valence-corrected chi connectivity index (χ0v) is 17.1. The van der Waals surface area contributed by atoms with E-state index in [4.69, 9.17) is 4.84 Å². The van der Waals surface area contributed by atoms with Crippen molar-refractivity contribution in [3.63, 3.8) is 0 Å². The van der Waals surface area contributed by atoms with Gasteiger partial charge in [0, 0.05) is 17.5 Å². The van der Waals surface area contributed by atoms with Gasteiger partial charge in [0.2, 0.25) is 0 Å². The van der Waals surface area contributed by atoms with Crippen LogP contribution in [0.5, 0.6) is 0 Å². The quantitative estimate of drug-likeness (QED) is 0.163. The minimum absolute atomic E-state index is 0.579. The Kier molecular flexibility index (Phi) is 8.60. The summed E-state index contributed by atoms with van der Waals surface area (Å²) in [6, 6.07) is 19.8. The summed E-state index contributed by atoms with van der Waals surface area (Å²) in [4.78, 5) is 17.9. The van der Waals surface area contributed by atoms with E-state index in [0.717, 1.165) is 27.6 Å². The maximum atomic E-state index is 12.0. The Balaban J connectivity index is 2.11. The predicted molar refractivity (Wildman–Crippen MR) is 114 cm³/mol. The maximum Gasteiger partial charge on any atom is 0.447 e. The van der Waals surface area contributed by atoms with Gasteiger partial charge in [-0.25, -0.2) is 9.10 Å². The van der Waals surface area contributed by atoms with Crippen LogP contribution in [0, 0.1) is 0 Å². The SMILES string of the molecule is CSC(C)=NOC(=O)N(C)SN=C(Sc1ccccc1)c1ccccc1. The smallest absolute Gasteiger partial charge is 0.296 e. The molecule has 0 saturated heterocycles. The summed E-state index contributed by atoms with van der Waals surface area (Å²) in [6.07, 6.45) is 1.28. The number of benzene rings is 2. The van der Waals surface area contributed by atoms with Crippen LogP contribution in [-0.4, -0.2) is 33.8 Å². The van der Waals surface area contributed by atoms with Crippen molar-refractivity contribution in [1.29, 1.82) is 0 Å². The molecule has 0 aliphatic heterocycles. The molecule has 0 spiro atoms. The van der Waals surface area contributed by atoms with Gasteiger partial charge in [0.1, 0.15) is 10.1 Å². The van der Waals surface area contributed by atoms with Crippen LogP contribution >= 0.6 is 35.7 Å². The van der Waals surface area contributed by atoms with Crippen molar-refractivity contribution < 1.29 is 9.63 Å². The molecule has 0 bridgehead atoms. The van der Waals surface area contributed by atoms with Crippen molar-refractivity contribution in [1.82, 2.24) is 4.31 Å². The van der Waals surface area contributed by atoms with Gasteiger partial charge in [-0.3, -0.25) is 4.84 Å². The number of carbonyl (C=O) groups excluding carboxylic acids is 1. The van der Waals surface area contributed by atoms with Crippen molar-refractivity contribution in [2.24, 2.45) is 9.55 Å².